The van der Waals surface area contributed by atoms with Crippen LogP contribution in [0.15, 0.2) is 35.4 Å². The monoisotopic (exact) mass is 349 g/mol. The van der Waals surface area contributed by atoms with Crippen LogP contribution in [0.1, 0.15) is 30.1 Å². The van der Waals surface area contributed by atoms with Gasteiger partial charge in [0.25, 0.3) is 0 Å². The van der Waals surface area contributed by atoms with Crippen molar-refractivity contribution in [1.82, 2.24) is 0 Å². The molecule has 1 fully saturated rings. The van der Waals surface area contributed by atoms with Crippen molar-refractivity contribution in [2.45, 2.75) is 44.1 Å². The quantitative estimate of drug-likeness (QED) is 0.255. The molecule has 1 N–H and O–H groups in total. The van der Waals surface area contributed by atoms with Crippen LogP contribution in [-0.4, -0.2) is 55.3 Å². The largest absolute Gasteiger partial charge is 0.459 e. The van der Waals surface area contributed by atoms with Crippen LogP contribution in [0.2, 0.25) is 0 Å². The summed E-state index contributed by atoms with van der Waals surface area (Å²) in [5.41, 5.74) is 9.08. The Hall–Kier alpha value is -2.12. The molecule has 0 bridgehead atoms. The average Bonchev–Trinajstić information content (AvgIpc) is 2.64. The van der Waals surface area contributed by atoms with E-state index >= 15 is 0 Å². The molecule has 0 spiro atoms. The van der Waals surface area contributed by atoms with Gasteiger partial charge in [0.05, 0.1) is 24.3 Å². The summed E-state index contributed by atoms with van der Waals surface area (Å²) < 4.78 is 16.4. The molecule has 1 saturated heterocycles. The highest BCUT2D eigenvalue weighted by Gasteiger charge is 2.40. The molecule has 0 amide bonds. The van der Waals surface area contributed by atoms with E-state index in [2.05, 4.69) is 10.0 Å². The summed E-state index contributed by atoms with van der Waals surface area (Å²) in [6, 6.07) is 7.97. The minimum atomic E-state index is -1.05. The maximum absolute atomic E-state index is 12.0. The van der Waals surface area contributed by atoms with E-state index in [0.29, 0.717) is 12.2 Å². The van der Waals surface area contributed by atoms with Gasteiger partial charge in [-0.3, -0.25) is 0 Å². The standard InChI is InChI=1S/C17H23N3O5/c1-2-3-9-23-16-13(19-20-18)10-24-14(15(16)21)11-25-17(22)12-7-5-4-6-8-12/h4-8,13-16,21H,2-3,9-11H2,1H3/t13?,14?,15?,16-/m1/s1. The summed E-state index contributed by atoms with van der Waals surface area (Å²) in [4.78, 5) is 14.8. The average molecular weight is 349 g/mol. The molecule has 8 nitrogen and oxygen atoms in total. The first-order chi connectivity index (χ1) is 12.2. The molecular weight excluding hydrogens is 326 g/mol. The topological polar surface area (TPSA) is 114 Å². The number of hydrogen-bond donors (Lipinski definition) is 1. The lowest BCUT2D eigenvalue weighted by Crippen LogP contribution is -2.55. The molecule has 25 heavy (non-hydrogen) atoms. The van der Waals surface area contributed by atoms with Gasteiger partial charge < -0.3 is 19.3 Å². The Morgan fingerprint density at radius 3 is 2.88 bits per heavy atom. The van der Waals surface area contributed by atoms with Crippen LogP contribution in [0.4, 0.5) is 0 Å². The summed E-state index contributed by atoms with van der Waals surface area (Å²) in [5, 5.41) is 14.1. The maximum Gasteiger partial charge on any atom is 0.338 e. The van der Waals surface area contributed by atoms with E-state index in [0.717, 1.165) is 12.8 Å². The Balaban J connectivity index is 1.94. The molecule has 8 heteroatoms. The number of hydrogen-bond acceptors (Lipinski definition) is 6. The Morgan fingerprint density at radius 2 is 2.20 bits per heavy atom. The van der Waals surface area contributed by atoms with Gasteiger partial charge in [0.15, 0.2) is 0 Å². The van der Waals surface area contributed by atoms with Gasteiger partial charge in [0.1, 0.15) is 18.8 Å². The van der Waals surface area contributed by atoms with Crippen LogP contribution < -0.4 is 0 Å². The zero-order valence-corrected chi connectivity index (χ0v) is 14.2. The van der Waals surface area contributed by atoms with Gasteiger partial charge in [0, 0.05) is 11.5 Å². The third-order valence-corrected chi connectivity index (χ3v) is 3.97. The zero-order valence-electron chi connectivity index (χ0n) is 14.2. The second-order valence-electron chi connectivity index (χ2n) is 5.79. The predicted molar refractivity (Wildman–Crippen MR) is 90.1 cm³/mol. The van der Waals surface area contributed by atoms with Gasteiger partial charge in [0.2, 0.25) is 0 Å². The number of aliphatic hydroxyl groups is 1. The number of ether oxygens (including phenoxy) is 3. The number of carbonyl (C=O) groups excluding carboxylic acids is 1. The van der Waals surface area contributed by atoms with Gasteiger partial charge >= 0.3 is 5.97 Å². The lowest BCUT2D eigenvalue weighted by molar-refractivity contribution is -0.173. The fourth-order valence-electron chi connectivity index (χ4n) is 2.56. The smallest absolute Gasteiger partial charge is 0.338 e. The normalized spacial score (nSPS) is 25.8. The molecule has 2 rings (SSSR count). The molecule has 4 atom stereocenters. The van der Waals surface area contributed by atoms with Crippen molar-refractivity contribution >= 4 is 5.97 Å². The second kappa shape index (κ2) is 10.0. The van der Waals surface area contributed by atoms with Crippen LogP contribution >= 0.6 is 0 Å². The molecule has 0 aromatic heterocycles. The number of rotatable bonds is 8. The summed E-state index contributed by atoms with van der Waals surface area (Å²) in [5.74, 6) is -0.489. The van der Waals surface area contributed by atoms with Crippen LogP contribution in [0.25, 0.3) is 10.4 Å². The number of carbonyl (C=O) groups is 1. The van der Waals surface area contributed by atoms with E-state index in [4.69, 9.17) is 19.7 Å². The van der Waals surface area contributed by atoms with E-state index in [9.17, 15) is 9.90 Å². The first-order valence-electron chi connectivity index (χ1n) is 8.35. The van der Waals surface area contributed by atoms with Crippen molar-refractivity contribution in [2.75, 3.05) is 19.8 Å². The Labute approximate surface area is 146 Å². The fraction of sp³-hybridized carbons (Fsp3) is 0.588. The van der Waals surface area contributed by atoms with Gasteiger partial charge in [-0.05, 0) is 24.1 Å². The van der Waals surface area contributed by atoms with Crippen LogP contribution in [0.5, 0.6) is 0 Å². The van der Waals surface area contributed by atoms with Gasteiger partial charge in [-0.15, -0.1) is 0 Å². The van der Waals surface area contributed by atoms with Crippen LogP contribution in [-0.2, 0) is 14.2 Å². The Morgan fingerprint density at radius 1 is 1.44 bits per heavy atom. The lowest BCUT2D eigenvalue weighted by Gasteiger charge is -2.38. The zero-order chi connectivity index (χ0) is 18.1. The number of esters is 1. The molecule has 1 heterocycles. The highest BCUT2D eigenvalue weighted by atomic mass is 16.6. The molecule has 0 saturated carbocycles. The number of azide groups is 1. The maximum atomic E-state index is 12.0. The SMILES string of the molecule is CCCCO[C@@H]1C(N=[N+]=[N-])COC(COC(=O)c2ccccc2)C1O. The van der Waals surface area contributed by atoms with E-state index in [1.165, 1.54) is 0 Å². The van der Waals surface area contributed by atoms with E-state index in [1.807, 2.05) is 6.92 Å². The van der Waals surface area contributed by atoms with Crippen molar-refractivity contribution in [3.63, 3.8) is 0 Å². The van der Waals surface area contributed by atoms with Crippen LogP contribution in [0, 0.1) is 0 Å². The third kappa shape index (κ3) is 5.44. The highest BCUT2D eigenvalue weighted by molar-refractivity contribution is 5.89. The molecule has 1 aliphatic heterocycles. The second-order valence-corrected chi connectivity index (χ2v) is 5.79. The first kappa shape index (κ1) is 19.2. The molecule has 0 radical (unpaired) electrons. The van der Waals surface area contributed by atoms with Gasteiger partial charge in [-0.25, -0.2) is 4.79 Å². The minimum absolute atomic E-state index is 0.103. The van der Waals surface area contributed by atoms with Crippen molar-refractivity contribution in [2.24, 2.45) is 5.11 Å². The number of unbranched alkanes of at least 4 members (excludes halogenated alkanes) is 1. The number of nitrogens with zero attached hydrogens (tertiary/aromatic N) is 3. The minimum Gasteiger partial charge on any atom is -0.459 e. The molecular formula is C17H23N3O5. The van der Waals surface area contributed by atoms with Crippen molar-refractivity contribution in [3.8, 4) is 0 Å². The third-order valence-electron chi connectivity index (χ3n) is 3.97. The number of benzene rings is 1. The number of aliphatic hydroxyl groups excluding tert-OH is 1. The molecule has 1 aromatic carbocycles. The molecule has 0 aliphatic carbocycles. The molecule has 1 aromatic rings. The Bertz CT molecular complexity index is 591. The Kier molecular flexibility index (Phi) is 7.69. The first-order valence-corrected chi connectivity index (χ1v) is 8.35. The van der Waals surface area contributed by atoms with Crippen molar-refractivity contribution in [3.05, 3.63) is 46.3 Å². The van der Waals surface area contributed by atoms with Crippen molar-refractivity contribution < 1.29 is 24.1 Å². The molecule has 1 aliphatic rings. The molecule has 3 unspecified atom stereocenters. The van der Waals surface area contributed by atoms with Gasteiger partial charge in [-0.2, -0.15) is 0 Å². The summed E-state index contributed by atoms with van der Waals surface area (Å²) in [6.45, 7) is 2.48. The summed E-state index contributed by atoms with van der Waals surface area (Å²) >= 11 is 0. The highest BCUT2D eigenvalue weighted by Crippen LogP contribution is 2.22. The summed E-state index contributed by atoms with van der Waals surface area (Å²) in [7, 11) is 0. The van der Waals surface area contributed by atoms with Crippen molar-refractivity contribution in [1.29, 1.82) is 0 Å². The van der Waals surface area contributed by atoms with Crippen LogP contribution in [0.3, 0.4) is 0 Å². The molecule has 136 valence electrons. The predicted octanol–water partition coefficient (Wildman–Crippen LogP) is 2.47. The van der Waals surface area contributed by atoms with Gasteiger partial charge in [-0.1, -0.05) is 36.7 Å². The van der Waals surface area contributed by atoms with E-state index in [1.54, 1.807) is 30.3 Å². The lowest BCUT2D eigenvalue weighted by atomic mass is 9.98. The van der Waals surface area contributed by atoms with E-state index < -0.39 is 30.3 Å². The fourth-order valence-corrected chi connectivity index (χ4v) is 2.56. The van der Waals surface area contributed by atoms with E-state index in [-0.39, 0.29) is 13.2 Å². The summed E-state index contributed by atoms with van der Waals surface area (Å²) in [6.07, 6.45) is -0.685.